The number of nitriles is 1. The van der Waals surface area contributed by atoms with Crippen molar-refractivity contribution in [1.29, 1.82) is 5.26 Å². The van der Waals surface area contributed by atoms with Crippen LogP contribution in [0.2, 0.25) is 0 Å². The standard InChI is InChI=1S/C43H34N4O4S2/c1-29-15-19-32(20-16-29)38-27-53-43(37(38)25-44)47-40(48)28-52-36-14-8-13-34(24-36)45-42(50)39(46-41(49)33-11-6-3-7-12-33)23-30-17-21-35(22-18-30)51-26-31-9-4-2-5-10-31/h2-24,27H,26,28H2,1H3,(H,45,50)(H,46,49)(H,47,48)/b39-23+. The number of carbonyl (C=O) groups excluding carboxylic acids is 3. The Morgan fingerprint density at radius 3 is 2.26 bits per heavy atom. The third kappa shape index (κ3) is 10.1. The highest BCUT2D eigenvalue weighted by Gasteiger charge is 2.17. The Morgan fingerprint density at radius 2 is 1.55 bits per heavy atom. The molecule has 6 rings (SSSR count). The fourth-order valence-corrected chi connectivity index (χ4v) is 6.88. The number of amides is 3. The van der Waals surface area contributed by atoms with Crippen LogP contribution in [0, 0.1) is 18.3 Å². The first-order valence-electron chi connectivity index (χ1n) is 16.6. The van der Waals surface area contributed by atoms with E-state index in [2.05, 4.69) is 22.0 Å². The highest BCUT2D eigenvalue weighted by molar-refractivity contribution is 8.00. The lowest BCUT2D eigenvalue weighted by molar-refractivity contribution is -0.114. The minimum absolute atomic E-state index is 0.0449. The summed E-state index contributed by atoms with van der Waals surface area (Å²) in [4.78, 5) is 40.5. The van der Waals surface area contributed by atoms with Gasteiger partial charge in [-0.15, -0.1) is 23.1 Å². The van der Waals surface area contributed by atoms with E-state index in [1.54, 1.807) is 48.5 Å². The molecule has 8 nitrogen and oxygen atoms in total. The van der Waals surface area contributed by atoms with E-state index < -0.39 is 11.8 Å². The highest BCUT2D eigenvalue weighted by Crippen LogP contribution is 2.35. The van der Waals surface area contributed by atoms with E-state index >= 15 is 0 Å². The maximum absolute atomic E-state index is 13.7. The molecule has 3 N–H and O–H groups in total. The molecule has 262 valence electrons. The van der Waals surface area contributed by atoms with Gasteiger partial charge in [0.25, 0.3) is 11.8 Å². The predicted molar refractivity (Wildman–Crippen MR) is 213 cm³/mol. The molecule has 0 saturated heterocycles. The largest absolute Gasteiger partial charge is 0.489 e. The van der Waals surface area contributed by atoms with Crippen LogP contribution in [-0.4, -0.2) is 23.5 Å². The zero-order valence-corrected chi connectivity index (χ0v) is 30.3. The summed E-state index contributed by atoms with van der Waals surface area (Å²) in [6.45, 7) is 2.42. The molecule has 5 aromatic carbocycles. The number of anilines is 2. The average molecular weight is 735 g/mol. The van der Waals surface area contributed by atoms with E-state index in [0.717, 1.165) is 27.1 Å². The molecule has 0 saturated carbocycles. The van der Waals surface area contributed by atoms with Gasteiger partial charge in [0, 0.05) is 27.1 Å². The molecule has 0 radical (unpaired) electrons. The molecule has 1 aromatic heterocycles. The van der Waals surface area contributed by atoms with Crippen molar-refractivity contribution >= 4 is 57.6 Å². The van der Waals surface area contributed by atoms with Gasteiger partial charge in [-0.05, 0) is 72.2 Å². The van der Waals surface area contributed by atoms with Crippen molar-refractivity contribution in [3.05, 3.63) is 172 Å². The van der Waals surface area contributed by atoms with E-state index in [0.29, 0.717) is 39.7 Å². The first-order valence-corrected chi connectivity index (χ1v) is 18.5. The average Bonchev–Trinajstić information content (AvgIpc) is 3.59. The summed E-state index contributed by atoms with van der Waals surface area (Å²) in [6, 6.07) is 43.0. The van der Waals surface area contributed by atoms with Crippen molar-refractivity contribution in [2.75, 3.05) is 16.4 Å². The number of hydrogen-bond acceptors (Lipinski definition) is 7. The van der Waals surface area contributed by atoms with E-state index in [4.69, 9.17) is 4.74 Å². The molecule has 0 aliphatic rings. The number of ether oxygens (including phenoxy) is 1. The van der Waals surface area contributed by atoms with Crippen LogP contribution in [0.5, 0.6) is 5.75 Å². The number of thioether (sulfide) groups is 1. The van der Waals surface area contributed by atoms with E-state index in [1.807, 2.05) is 103 Å². The van der Waals surface area contributed by atoms with Crippen LogP contribution in [0.15, 0.2) is 149 Å². The fraction of sp³-hybridized carbons (Fsp3) is 0.0698. The van der Waals surface area contributed by atoms with Gasteiger partial charge in [-0.25, -0.2) is 0 Å². The zero-order valence-electron chi connectivity index (χ0n) is 28.7. The minimum Gasteiger partial charge on any atom is -0.489 e. The molecule has 3 amide bonds. The Labute approximate surface area is 316 Å². The molecule has 0 aliphatic heterocycles. The van der Waals surface area contributed by atoms with E-state index in [9.17, 15) is 19.6 Å². The molecule has 0 atom stereocenters. The lowest BCUT2D eigenvalue weighted by Gasteiger charge is -2.12. The van der Waals surface area contributed by atoms with Gasteiger partial charge in [0.15, 0.2) is 0 Å². The van der Waals surface area contributed by atoms with Gasteiger partial charge in [0.1, 0.15) is 29.1 Å². The van der Waals surface area contributed by atoms with Crippen molar-refractivity contribution in [2.45, 2.75) is 18.4 Å². The normalized spacial score (nSPS) is 10.9. The predicted octanol–water partition coefficient (Wildman–Crippen LogP) is 9.31. The number of rotatable bonds is 13. The quantitative estimate of drug-likeness (QED) is 0.0804. The van der Waals surface area contributed by atoms with E-state index in [1.165, 1.54) is 23.1 Å². The van der Waals surface area contributed by atoms with Crippen molar-refractivity contribution in [2.24, 2.45) is 0 Å². The van der Waals surface area contributed by atoms with Gasteiger partial charge < -0.3 is 20.7 Å². The second-order valence-electron chi connectivity index (χ2n) is 11.9. The van der Waals surface area contributed by atoms with Crippen LogP contribution in [0.3, 0.4) is 0 Å². The first-order chi connectivity index (χ1) is 25.8. The summed E-state index contributed by atoms with van der Waals surface area (Å²) in [5.41, 5.74) is 5.91. The Kier molecular flexibility index (Phi) is 12.1. The van der Waals surface area contributed by atoms with Gasteiger partial charge >= 0.3 is 0 Å². The Balaban J connectivity index is 1.11. The maximum Gasteiger partial charge on any atom is 0.272 e. The molecule has 0 spiro atoms. The summed E-state index contributed by atoms with van der Waals surface area (Å²) in [5.74, 6) is -0.459. The summed E-state index contributed by atoms with van der Waals surface area (Å²) in [7, 11) is 0. The summed E-state index contributed by atoms with van der Waals surface area (Å²) < 4.78 is 5.90. The van der Waals surface area contributed by atoms with Crippen molar-refractivity contribution in [3.8, 4) is 22.9 Å². The third-order valence-corrected chi connectivity index (χ3v) is 9.84. The summed E-state index contributed by atoms with van der Waals surface area (Å²) in [6.07, 6.45) is 1.60. The number of nitrogens with one attached hydrogen (secondary N) is 3. The monoisotopic (exact) mass is 734 g/mol. The Morgan fingerprint density at radius 1 is 0.830 bits per heavy atom. The smallest absolute Gasteiger partial charge is 0.272 e. The number of carbonyl (C=O) groups is 3. The first kappa shape index (κ1) is 36.4. The molecular formula is C43H34N4O4S2. The van der Waals surface area contributed by atoms with Crippen LogP contribution in [0.4, 0.5) is 10.7 Å². The highest BCUT2D eigenvalue weighted by atomic mass is 32.2. The lowest BCUT2D eigenvalue weighted by Crippen LogP contribution is -2.30. The zero-order chi connectivity index (χ0) is 37.0. The Bertz CT molecular complexity index is 2280. The number of nitrogens with zero attached hydrogens (tertiary/aromatic N) is 1. The number of thiophene rings is 1. The van der Waals surface area contributed by atoms with Crippen LogP contribution in [-0.2, 0) is 16.2 Å². The van der Waals surface area contributed by atoms with Crippen LogP contribution >= 0.6 is 23.1 Å². The molecule has 0 fully saturated rings. The minimum atomic E-state index is -0.523. The van der Waals surface area contributed by atoms with Crippen LogP contribution in [0.25, 0.3) is 17.2 Å². The van der Waals surface area contributed by atoms with Crippen molar-refractivity contribution in [1.82, 2.24) is 5.32 Å². The Hall–Kier alpha value is -6.41. The number of hydrogen-bond donors (Lipinski definition) is 3. The van der Waals surface area contributed by atoms with E-state index in [-0.39, 0.29) is 17.4 Å². The van der Waals surface area contributed by atoms with Crippen LogP contribution < -0.4 is 20.7 Å². The second-order valence-corrected chi connectivity index (χ2v) is 13.8. The van der Waals surface area contributed by atoms with Gasteiger partial charge in [-0.2, -0.15) is 5.26 Å². The van der Waals surface area contributed by atoms with Crippen molar-refractivity contribution < 1.29 is 19.1 Å². The van der Waals surface area contributed by atoms with Gasteiger partial charge in [0.05, 0.1) is 11.3 Å². The SMILES string of the molecule is Cc1ccc(-c2csc(NC(=O)CSc3cccc(NC(=O)/C(=C\c4ccc(OCc5ccccc5)cc4)NC(=O)c4ccccc4)c3)c2C#N)cc1. The van der Waals surface area contributed by atoms with Gasteiger partial charge in [0.2, 0.25) is 5.91 Å². The number of benzene rings is 5. The second kappa shape index (κ2) is 17.7. The molecule has 53 heavy (non-hydrogen) atoms. The molecule has 0 bridgehead atoms. The molecular weight excluding hydrogens is 701 g/mol. The summed E-state index contributed by atoms with van der Waals surface area (Å²) in [5, 5.41) is 20.8. The molecule has 0 unspecified atom stereocenters. The van der Waals surface area contributed by atoms with Crippen molar-refractivity contribution in [3.63, 3.8) is 0 Å². The molecule has 0 aliphatic carbocycles. The molecule has 1 heterocycles. The topological polar surface area (TPSA) is 120 Å². The van der Waals surface area contributed by atoms with Crippen LogP contribution in [0.1, 0.15) is 32.6 Å². The number of aryl methyl sites for hydroxylation is 1. The molecule has 6 aromatic rings. The van der Waals surface area contributed by atoms with Gasteiger partial charge in [-0.1, -0.05) is 96.6 Å². The fourth-order valence-electron chi connectivity index (χ4n) is 5.19. The molecule has 10 heteroatoms. The third-order valence-electron chi connectivity index (χ3n) is 7.95. The van der Waals surface area contributed by atoms with Gasteiger partial charge in [-0.3, -0.25) is 14.4 Å². The lowest BCUT2D eigenvalue weighted by atomic mass is 10.0. The maximum atomic E-state index is 13.7. The summed E-state index contributed by atoms with van der Waals surface area (Å²) >= 11 is 2.61.